The summed E-state index contributed by atoms with van der Waals surface area (Å²) in [7, 11) is 5.01. The molecule has 1 aliphatic carbocycles. The van der Waals surface area contributed by atoms with E-state index in [2.05, 4.69) is 5.32 Å². The summed E-state index contributed by atoms with van der Waals surface area (Å²) < 4.78 is 11.1. The molecule has 224 valence electrons. The predicted molar refractivity (Wildman–Crippen MR) is 165 cm³/mol. The van der Waals surface area contributed by atoms with Crippen LogP contribution in [0.3, 0.4) is 0 Å². The highest BCUT2D eigenvalue weighted by molar-refractivity contribution is 6.01. The average molecular weight is 583 g/mol. The van der Waals surface area contributed by atoms with Crippen LogP contribution >= 0.6 is 0 Å². The first-order valence-corrected chi connectivity index (χ1v) is 14.2. The SMILES string of the molecule is COc1ccccc1[C@H]1CC(=O)C2=C(C1)NC(C)=C(C(=O)OCc1cccc(C(=O)N(C)C)c1)C2.Cc1cccc(O)c1. The second-order valence-corrected chi connectivity index (χ2v) is 10.9. The summed E-state index contributed by atoms with van der Waals surface area (Å²) in [6.45, 7) is 3.81. The van der Waals surface area contributed by atoms with Crippen LogP contribution in [0.1, 0.15) is 59.2 Å². The Kier molecular flexibility index (Phi) is 10.0. The Morgan fingerprint density at radius 1 is 0.977 bits per heavy atom. The van der Waals surface area contributed by atoms with Crippen LogP contribution in [0.15, 0.2) is 95.3 Å². The number of hydrogen-bond acceptors (Lipinski definition) is 7. The Morgan fingerprint density at radius 3 is 2.40 bits per heavy atom. The molecular weight excluding hydrogens is 544 g/mol. The van der Waals surface area contributed by atoms with Crippen molar-refractivity contribution in [1.29, 1.82) is 0 Å². The summed E-state index contributed by atoms with van der Waals surface area (Å²) in [5.41, 5.74) is 6.01. The molecule has 3 aromatic carbocycles. The van der Waals surface area contributed by atoms with Gasteiger partial charge < -0.3 is 24.8 Å². The summed E-state index contributed by atoms with van der Waals surface area (Å²) >= 11 is 0. The maximum Gasteiger partial charge on any atom is 0.336 e. The molecule has 1 aliphatic heterocycles. The van der Waals surface area contributed by atoms with Crippen LogP contribution < -0.4 is 10.1 Å². The van der Waals surface area contributed by atoms with Crippen molar-refractivity contribution in [2.24, 2.45) is 0 Å². The van der Waals surface area contributed by atoms with Gasteiger partial charge in [0.1, 0.15) is 18.1 Å². The number of Topliss-reactive ketones (excluding diaryl/α,β-unsaturated/α-hetero) is 1. The van der Waals surface area contributed by atoms with Gasteiger partial charge in [-0.05, 0) is 67.3 Å². The molecule has 1 atom stereocenters. The standard InChI is InChI=1S/C28H30N2O5.C7H8O/c1-17-22(28(33)35-16-18-8-7-9-19(12-18)27(32)30(2)3)15-23-24(29-17)13-20(14-25(23)31)21-10-5-6-11-26(21)34-4;1-6-3-2-4-7(8)5-6/h5-12,20,29H,13-16H2,1-4H3;2-5,8H,1H3/t20-;/m1./s1. The van der Waals surface area contributed by atoms with E-state index in [9.17, 15) is 14.4 Å². The van der Waals surface area contributed by atoms with E-state index in [0.717, 1.165) is 28.1 Å². The largest absolute Gasteiger partial charge is 0.508 e. The van der Waals surface area contributed by atoms with Crippen LogP contribution in [0.5, 0.6) is 11.5 Å². The zero-order valence-corrected chi connectivity index (χ0v) is 25.3. The molecule has 0 spiro atoms. The van der Waals surface area contributed by atoms with E-state index in [1.165, 1.54) is 4.90 Å². The molecule has 1 heterocycles. The van der Waals surface area contributed by atoms with Gasteiger partial charge in [-0.1, -0.05) is 42.5 Å². The van der Waals surface area contributed by atoms with Gasteiger partial charge in [0.05, 0.1) is 12.7 Å². The average Bonchev–Trinajstić information content (AvgIpc) is 2.99. The van der Waals surface area contributed by atoms with Crippen LogP contribution in [0, 0.1) is 6.92 Å². The third-order valence-corrected chi connectivity index (χ3v) is 7.50. The van der Waals surface area contributed by atoms with E-state index in [4.69, 9.17) is 14.6 Å². The lowest BCUT2D eigenvalue weighted by molar-refractivity contribution is -0.140. The Balaban J connectivity index is 0.000000458. The van der Waals surface area contributed by atoms with Gasteiger partial charge in [-0.3, -0.25) is 9.59 Å². The number of aromatic hydroxyl groups is 1. The van der Waals surface area contributed by atoms with Gasteiger partial charge in [0.15, 0.2) is 5.78 Å². The molecule has 0 fully saturated rings. The predicted octanol–water partition coefficient (Wildman–Crippen LogP) is 5.81. The third kappa shape index (κ3) is 7.71. The number of rotatable bonds is 6. The Hall–Kier alpha value is -4.85. The number of amides is 1. The molecule has 0 saturated heterocycles. The van der Waals surface area contributed by atoms with Crippen LogP contribution in [0.2, 0.25) is 0 Å². The fraction of sp³-hybridized carbons (Fsp3) is 0.286. The number of allylic oxidation sites excluding steroid dienone is 3. The number of phenols is 1. The number of para-hydroxylation sites is 1. The lowest BCUT2D eigenvalue weighted by Gasteiger charge is -2.32. The van der Waals surface area contributed by atoms with Crippen molar-refractivity contribution in [2.45, 2.75) is 45.6 Å². The Bertz CT molecular complexity index is 1570. The molecule has 1 amide bonds. The molecule has 8 nitrogen and oxygen atoms in total. The number of aryl methyl sites for hydroxylation is 1. The van der Waals surface area contributed by atoms with Crippen LogP contribution in [-0.2, 0) is 20.9 Å². The van der Waals surface area contributed by atoms with Crippen molar-refractivity contribution in [1.82, 2.24) is 10.2 Å². The first kappa shape index (κ1) is 31.1. The smallest absolute Gasteiger partial charge is 0.336 e. The van der Waals surface area contributed by atoms with Crippen molar-refractivity contribution >= 4 is 17.7 Å². The number of carbonyl (C=O) groups excluding carboxylic acids is 3. The monoisotopic (exact) mass is 582 g/mol. The first-order valence-electron chi connectivity index (χ1n) is 14.2. The van der Waals surface area contributed by atoms with E-state index < -0.39 is 5.97 Å². The quantitative estimate of drug-likeness (QED) is 0.354. The minimum absolute atomic E-state index is 0.0170. The molecule has 3 aromatic rings. The molecule has 2 aliphatic rings. The number of hydrogen-bond donors (Lipinski definition) is 2. The van der Waals surface area contributed by atoms with Gasteiger partial charge in [0, 0.05) is 55.4 Å². The van der Waals surface area contributed by atoms with E-state index in [-0.39, 0.29) is 30.6 Å². The number of ether oxygens (including phenoxy) is 2. The highest BCUT2D eigenvalue weighted by atomic mass is 16.5. The van der Waals surface area contributed by atoms with Gasteiger partial charge in [-0.25, -0.2) is 4.79 Å². The minimum atomic E-state index is -0.467. The normalized spacial score (nSPS) is 15.9. The van der Waals surface area contributed by atoms with Crippen LogP contribution in [0.4, 0.5) is 0 Å². The summed E-state index contributed by atoms with van der Waals surface area (Å²) in [5, 5.41) is 12.1. The van der Waals surface area contributed by atoms with Crippen molar-refractivity contribution in [3.05, 3.63) is 118 Å². The van der Waals surface area contributed by atoms with Gasteiger partial charge in [-0.2, -0.15) is 0 Å². The summed E-state index contributed by atoms with van der Waals surface area (Å²) in [4.78, 5) is 39.7. The highest BCUT2D eigenvalue weighted by Gasteiger charge is 2.34. The molecule has 0 aromatic heterocycles. The zero-order valence-electron chi connectivity index (χ0n) is 25.3. The lowest BCUT2D eigenvalue weighted by atomic mass is 9.78. The van der Waals surface area contributed by atoms with E-state index >= 15 is 0 Å². The molecule has 0 radical (unpaired) electrons. The molecule has 43 heavy (non-hydrogen) atoms. The third-order valence-electron chi connectivity index (χ3n) is 7.50. The number of methoxy groups -OCH3 is 1. The molecule has 5 rings (SSSR count). The van der Waals surface area contributed by atoms with E-state index in [1.54, 1.807) is 51.5 Å². The maximum atomic E-state index is 13.1. The fourth-order valence-corrected chi connectivity index (χ4v) is 5.27. The van der Waals surface area contributed by atoms with E-state index in [1.807, 2.05) is 56.3 Å². The minimum Gasteiger partial charge on any atom is -0.508 e. The van der Waals surface area contributed by atoms with Crippen molar-refractivity contribution < 1.29 is 29.0 Å². The second-order valence-electron chi connectivity index (χ2n) is 10.9. The van der Waals surface area contributed by atoms with Crippen LogP contribution in [0.25, 0.3) is 0 Å². The van der Waals surface area contributed by atoms with Crippen molar-refractivity contribution in [3.63, 3.8) is 0 Å². The molecular formula is C35H38N2O6. The number of nitrogens with one attached hydrogen (secondary N) is 1. The number of esters is 1. The zero-order chi connectivity index (χ0) is 31.1. The molecule has 2 N–H and O–H groups in total. The molecule has 0 unspecified atom stereocenters. The number of carbonyl (C=O) groups is 3. The van der Waals surface area contributed by atoms with Crippen molar-refractivity contribution in [3.8, 4) is 11.5 Å². The topological polar surface area (TPSA) is 105 Å². The lowest BCUT2D eigenvalue weighted by Crippen LogP contribution is -2.31. The van der Waals surface area contributed by atoms with Gasteiger partial charge in [0.25, 0.3) is 5.91 Å². The molecule has 8 heteroatoms. The summed E-state index contributed by atoms with van der Waals surface area (Å²) in [6, 6.07) is 21.9. The first-order chi connectivity index (χ1) is 20.6. The second kappa shape index (κ2) is 13.9. The van der Waals surface area contributed by atoms with E-state index in [0.29, 0.717) is 41.0 Å². The Labute approximate surface area is 252 Å². The maximum absolute atomic E-state index is 13.1. The fourth-order valence-electron chi connectivity index (χ4n) is 5.27. The summed E-state index contributed by atoms with van der Waals surface area (Å²) in [5.74, 6) is 0.578. The number of nitrogens with zero attached hydrogens (tertiary/aromatic N) is 1. The van der Waals surface area contributed by atoms with Crippen LogP contribution in [-0.4, -0.2) is 48.9 Å². The molecule has 0 bridgehead atoms. The highest BCUT2D eigenvalue weighted by Crippen LogP contribution is 2.41. The van der Waals surface area contributed by atoms with Gasteiger partial charge in [0.2, 0.25) is 0 Å². The summed E-state index contributed by atoms with van der Waals surface area (Å²) in [6.07, 6.45) is 1.30. The number of phenolic OH excluding ortho intramolecular Hbond substituents is 1. The van der Waals surface area contributed by atoms with Gasteiger partial charge in [-0.15, -0.1) is 0 Å². The van der Waals surface area contributed by atoms with Gasteiger partial charge >= 0.3 is 5.97 Å². The van der Waals surface area contributed by atoms with Crippen molar-refractivity contribution in [2.75, 3.05) is 21.2 Å². The number of dihydropyridines is 1. The molecule has 0 saturated carbocycles. The Morgan fingerprint density at radius 2 is 1.72 bits per heavy atom. The number of benzene rings is 3. The number of ketones is 1.